The van der Waals surface area contributed by atoms with Gasteiger partial charge in [0.1, 0.15) is 11.6 Å². The molecular weight excluding hydrogens is 200 g/mol. The fourth-order valence-corrected chi connectivity index (χ4v) is 1.36. The van der Waals surface area contributed by atoms with Gasteiger partial charge in [0.2, 0.25) is 0 Å². The molecule has 15 heavy (non-hydrogen) atoms. The third kappa shape index (κ3) is 1.87. The topological polar surface area (TPSA) is 54.7 Å². The van der Waals surface area contributed by atoms with E-state index in [1.54, 1.807) is 6.20 Å². The van der Waals surface area contributed by atoms with Crippen molar-refractivity contribution in [3.8, 4) is 0 Å². The lowest BCUT2D eigenvalue weighted by molar-refractivity contribution is 0.566. The lowest BCUT2D eigenvalue weighted by Gasteiger charge is -2.10. The monoisotopic (exact) mass is 209 g/mol. The lowest BCUT2D eigenvalue weighted by Crippen LogP contribution is -2.13. The quantitative estimate of drug-likeness (QED) is 0.791. The first-order chi connectivity index (χ1) is 7.18. The summed E-state index contributed by atoms with van der Waals surface area (Å²) < 4.78 is 26.0. The Hall–Kier alpha value is -1.75. The Bertz CT molecular complexity index is 454. The minimum atomic E-state index is -0.649. The van der Waals surface area contributed by atoms with E-state index in [0.29, 0.717) is 5.56 Å². The van der Waals surface area contributed by atoms with Gasteiger partial charge in [-0.2, -0.15) is 5.10 Å². The largest absolute Gasteiger partial charge is 0.320 e. The van der Waals surface area contributed by atoms with Gasteiger partial charge in [-0.1, -0.05) is 6.07 Å². The highest BCUT2D eigenvalue weighted by Crippen LogP contribution is 2.21. The zero-order valence-corrected chi connectivity index (χ0v) is 7.74. The van der Waals surface area contributed by atoms with Crippen molar-refractivity contribution in [2.75, 3.05) is 0 Å². The molecule has 2 aromatic rings. The Labute approximate surface area is 84.9 Å². The van der Waals surface area contributed by atoms with Crippen molar-refractivity contribution in [1.29, 1.82) is 0 Å². The summed E-state index contributed by atoms with van der Waals surface area (Å²) in [7, 11) is 0. The number of hydrogen-bond acceptors (Lipinski definition) is 2. The average molecular weight is 209 g/mol. The second kappa shape index (κ2) is 3.78. The van der Waals surface area contributed by atoms with Crippen molar-refractivity contribution in [3.63, 3.8) is 0 Å². The molecule has 5 heteroatoms. The number of halogens is 2. The zero-order valence-electron chi connectivity index (χ0n) is 7.74. The number of benzene rings is 1. The molecule has 78 valence electrons. The SMILES string of the molecule is NC(c1cn[nH]c1)c1ccc(F)cc1F. The van der Waals surface area contributed by atoms with Gasteiger partial charge in [0.15, 0.2) is 0 Å². The van der Waals surface area contributed by atoms with Gasteiger partial charge in [-0.15, -0.1) is 0 Å². The summed E-state index contributed by atoms with van der Waals surface area (Å²) in [5, 5.41) is 6.30. The Morgan fingerprint density at radius 3 is 2.73 bits per heavy atom. The molecule has 1 atom stereocenters. The zero-order chi connectivity index (χ0) is 10.8. The van der Waals surface area contributed by atoms with Crippen LogP contribution in [-0.2, 0) is 0 Å². The molecule has 0 radical (unpaired) electrons. The number of aromatic amines is 1. The molecule has 0 bridgehead atoms. The molecule has 0 aliphatic rings. The molecule has 0 fully saturated rings. The van der Waals surface area contributed by atoms with E-state index in [-0.39, 0.29) is 5.56 Å². The summed E-state index contributed by atoms with van der Waals surface area (Å²) in [5.41, 5.74) is 6.69. The molecule has 0 amide bonds. The van der Waals surface area contributed by atoms with Crippen LogP contribution < -0.4 is 5.73 Å². The van der Waals surface area contributed by atoms with Crippen LogP contribution in [0.5, 0.6) is 0 Å². The molecule has 1 aromatic heterocycles. The van der Waals surface area contributed by atoms with Crippen LogP contribution in [0.4, 0.5) is 8.78 Å². The van der Waals surface area contributed by atoms with Gasteiger partial charge in [-0.25, -0.2) is 8.78 Å². The van der Waals surface area contributed by atoms with Crippen molar-refractivity contribution in [3.05, 3.63) is 53.4 Å². The number of nitrogens with two attached hydrogens (primary N) is 1. The van der Waals surface area contributed by atoms with Crippen LogP contribution in [0.25, 0.3) is 0 Å². The molecule has 0 saturated heterocycles. The van der Waals surface area contributed by atoms with Crippen LogP contribution in [0.15, 0.2) is 30.6 Å². The van der Waals surface area contributed by atoms with Gasteiger partial charge < -0.3 is 5.73 Å². The standard InChI is InChI=1S/C10H9F2N3/c11-7-1-2-8(9(12)3-7)10(13)6-4-14-15-5-6/h1-5,10H,13H2,(H,14,15). The van der Waals surface area contributed by atoms with E-state index in [4.69, 9.17) is 5.73 Å². The van der Waals surface area contributed by atoms with Crippen molar-refractivity contribution in [2.45, 2.75) is 6.04 Å². The van der Waals surface area contributed by atoms with Gasteiger partial charge in [-0.05, 0) is 6.07 Å². The Morgan fingerprint density at radius 2 is 2.13 bits per heavy atom. The number of aromatic nitrogens is 2. The van der Waals surface area contributed by atoms with Crippen molar-refractivity contribution in [1.82, 2.24) is 10.2 Å². The fraction of sp³-hybridized carbons (Fsp3) is 0.100. The number of rotatable bonds is 2. The summed E-state index contributed by atoms with van der Waals surface area (Å²) in [4.78, 5) is 0. The normalized spacial score (nSPS) is 12.7. The molecule has 1 aromatic carbocycles. The first kappa shape index (κ1) is 9.79. The molecule has 1 unspecified atom stereocenters. The Morgan fingerprint density at radius 1 is 1.33 bits per heavy atom. The Balaban J connectivity index is 2.38. The third-order valence-corrected chi connectivity index (χ3v) is 2.18. The molecule has 0 aliphatic heterocycles. The molecule has 0 saturated carbocycles. The van der Waals surface area contributed by atoms with Crippen LogP contribution in [0, 0.1) is 11.6 Å². The minimum absolute atomic E-state index is 0.248. The van der Waals surface area contributed by atoms with Crippen LogP contribution >= 0.6 is 0 Å². The van der Waals surface area contributed by atoms with E-state index < -0.39 is 17.7 Å². The highest BCUT2D eigenvalue weighted by molar-refractivity contribution is 5.29. The molecule has 1 heterocycles. The van der Waals surface area contributed by atoms with E-state index in [2.05, 4.69) is 10.2 Å². The van der Waals surface area contributed by atoms with Crippen LogP contribution in [0.1, 0.15) is 17.2 Å². The molecule has 0 aliphatic carbocycles. The molecule has 2 rings (SSSR count). The summed E-state index contributed by atoms with van der Waals surface area (Å²) in [6, 6.07) is 2.69. The summed E-state index contributed by atoms with van der Waals surface area (Å²) in [6.45, 7) is 0. The maximum Gasteiger partial charge on any atom is 0.131 e. The predicted molar refractivity (Wildman–Crippen MR) is 51.0 cm³/mol. The predicted octanol–water partition coefficient (Wildman–Crippen LogP) is 1.74. The third-order valence-electron chi connectivity index (χ3n) is 2.18. The van der Waals surface area contributed by atoms with E-state index in [1.165, 1.54) is 18.3 Å². The second-order valence-corrected chi connectivity index (χ2v) is 3.18. The summed E-state index contributed by atoms with van der Waals surface area (Å²) in [6.07, 6.45) is 3.08. The molecule has 3 nitrogen and oxygen atoms in total. The second-order valence-electron chi connectivity index (χ2n) is 3.18. The molecule has 0 spiro atoms. The van der Waals surface area contributed by atoms with Gasteiger partial charge in [0.05, 0.1) is 12.2 Å². The smallest absolute Gasteiger partial charge is 0.131 e. The number of nitrogens with one attached hydrogen (secondary N) is 1. The van der Waals surface area contributed by atoms with Crippen molar-refractivity contribution < 1.29 is 8.78 Å². The van der Waals surface area contributed by atoms with E-state index in [1.807, 2.05) is 0 Å². The number of H-pyrrole nitrogens is 1. The number of hydrogen-bond donors (Lipinski definition) is 2. The summed E-state index contributed by atoms with van der Waals surface area (Å²) >= 11 is 0. The Kier molecular flexibility index (Phi) is 2.47. The first-order valence-electron chi connectivity index (χ1n) is 4.37. The highest BCUT2D eigenvalue weighted by Gasteiger charge is 2.14. The first-order valence-corrected chi connectivity index (χ1v) is 4.37. The lowest BCUT2D eigenvalue weighted by atomic mass is 10.0. The minimum Gasteiger partial charge on any atom is -0.320 e. The van der Waals surface area contributed by atoms with Gasteiger partial charge in [0, 0.05) is 23.4 Å². The van der Waals surface area contributed by atoms with E-state index in [0.717, 1.165) is 6.07 Å². The fourth-order valence-electron chi connectivity index (χ4n) is 1.36. The maximum absolute atomic E-state index is 13.3. The maximum atomic E-state index is 13.3. The van der Waals surface area contributed by atoms with Crippen LogP contribution in [0.2, 0.25) is 0 Å². The van der Waals surface area contributed by atoms with Crippen molar-refractivity contribution in [2.24, 2.45) is 5.73 Å². The number of nitrogens with zero attached hydrogens (tertiary/aromatic N) is 1. The van der Waals surface area contributed by atoms with Crippen LogP contribution in [-0.4, -0.2) is 10.2 Å². The van der Waals surface area contributed by atoms with Crippen LogP contribution in [0.3, 0.4) is 0 Å². The molecular formula is C10H9F2N3. The molecule has 3 N–H and O–H groups in total. The van der Waals surface area contributed by atoms with E-state index in [9.17, 15) is 8.78 Å². The summed E-state index contributed by atoms with van der Waals surface area (Å²) in [5.74, 6) is -1.26. The highest BCUT2D eigenvalue weighted by atomic mass is 19.1. The van der Waals surface area contributed by atoms with Crippen molar-refractivity contribution >= 4 is 0 Å². The van der Waals surface area contributed by atoms with Gasteiger partial charge >= 0.3 is 0 Å². The van der Waals surface area contributed by atoms with Gasteiger partial charge in [0.25, 0.3) is 0 Å². The average Bonchev–Trinajstić information content (AvgIpc) is 2.69. The van der Waals surface area contributed by atoms with Gasteiger partial charge in [-0.3, -0.25) is 5.10 Å². The van der Waals surface area contributed by atoms with E-state index >= 15 is 0 Å².